The van der Waals surface area contributed by atoms with Gasteiger partial charge in [0, 0.05) is 23.7 Å². The Balaban J connectivity index is 1.59. The zero-order chi connectivity index (χ0) is 20.1. The molecule has 0 aliphatic heterocycles. The van der Waals surface area contributed by atoms with Crippen LogP contribution in [0.5, 0.6) is 0 Å². The van der Waals surface area contributed by atoms with Gasteiger partial charge in [-0.2, -0.15) is 0 Å². The first-order valence-corrected chi connectivity index (χ1v) is 10.8. The lowest BCUT2D eigenvalue weighted by Crippen LogP contribution is -2.32. The molecule has 1 amide bonds. The fourth-order valence-corrected chi connectivity index (χ4v) is 4.26. The molecule has 148 valence electrons. The Hall–Kier alpha value is -2.51. The number of rotatable bonds is 7. The van der Waals surface area contributed by atoms with E-state index in [9.17, 15) is 18.0 Å². The third-order valence-corrected chi connectivity index (χ3v) is 6.36. The number of hydrogen-bond acceptors (Lipinski definition) is 4. The summed E-state index contributed by atoms with van der Waals surface area (Å²) in [6, 6.07) is 13.0. The van der Waals surface area contributed by atoms with Crippen molar-refractivity contribution in [2.75, 3.05) is 0 Å². The topological polar surface area (TPSA) is 92.3 Å². The van der Waals surface area contributed by atoms with Crippen LogP contribution in [0, 0.1) is 0 Å². The summed E-state index contributed by atoms with van der Waals surface area (Å²) in [6.45, 7) is 1.54. The van der Waals surface area contributed by atoms with Crippen molar-refractivity contribution in [2.24, 2.45) is 0 Å². The molecule has 0 radical (unpaired) electrons. The maximum absolute atomic E-state index is 12.4. The number of benzene rings is 2. The van der Waals surface area contributed by atoms with Crippen LogP contribution in [-0.2, 0) is 16.6 Å². The second kappa shape index (κ2) is 8.67. The average Bonchev–Trinajstić information content (AvgIpc) is 3.20. The smallest absolute Gasteiger partial charge is 0.251 e. The average molecular weight is 401 g/mol. The molecule has 2 N–H and O–H groups in total. The highest BCUT2D eigenvalue weighted by Crippen LogP contribution is 2.18. The fourth-order valence-electron chi connectivity index (χ4n) is 3.24. The molecule has 3 rings (SSSR count). The number of amides is 1. The standard InChI is InChI=1S/C21H24N2O4S/c1-15(24)17-10-12-20(13-11-17)28(26,27)22-14-16-6-8-18(9-7-16)21(25)23-19-4-2-3-5-19/h6-13,19,22H,2-5,14H2,1H3,(H,23,25). The molecule has 1 fully saturated rings. The van der Waals surface area contributed by atoms with Crippen LogP contribution in [0.2, 0.25) is 0 Å². The largest absolute Gasteiger partial charge is 0.349 e. The zero-order valence-corrected chi connectivity index (χ0v) is 16.6. The monoisotopic (exact) mass is 400 g/mol. The molecule has 0 spiro atoms. The molecule has 0 aromatic heterocycles. The summed E-state index contributed by atoms with van der Waals surface area (Å²) in [5.41, 5.74) is 1.78. The van der Waals surface area contributed by atoms with E-state index in [-0.39, 0.29) is 29.2 Å². The van der Waals surface area contributed by atoms with Crippen LogP contribution in [0.4, 0.5) is 0 Å². The number of carbonyl (C=O) groups is 2. The third-order valence-electron chi connectivity index (χ3n) is 4.94. The van der Waals surface area contributed by atoms with Crippen molar-refractivity contribution in [3.05, 3.63) is 65.2 Å². The van der Waals surface area contributed by atoms with Gasteiger partial charge in [-0.05, 0) is 49.6 Å². The Morgan fingerprint density at radius 1 is 0.929 bits per heavy atom. The van der Waals surface area contributed by atoms with E-state index in [4.69, 9.17) is 0 Å². The molecule has 2 aromatic rings. The van der Waals surface area contributed by atoms with Crippen molar-refractivity contribution < 1.29 is 18.0 Å². The van der Waals surface area contributed by atoms with Gasteiger partial charge in [0.2, 0.25) is 10.0 Å². The van der Waals surface area contributed by atoms with Gasteiger partial charge in [0.05, 0.1) is 4.90 Å². The van der Waals surface area contributed by atoms with Gasteiger partial charge < -0.3 is 5.32 Å². The minimum Gasteiger partial charge on any atom is -0.349 e. The normalized spacial score (nSPS) is 14.8. The number of ketones is 1. The molecule has 0 saturated heterocycles. The molecule has 0 bridgehead atoms. The number of hydrogen-bond donors (Lipinski definition) is 2. The molecular weight excluding hydrogens is 376 g/mol. The maximum atomic E-state index is 12.4. The molecule has 0 heterocycles. The number of carbonyl (C=O) groups excluding carboxylic acids is 2. The van der Waals surface area contributed by atoms with Gasteiger partial charge in [0.15, 0.2) is 5.78 Å². The van der Waals surface area contributed by atoms with Crippen molar-refractivity contribution in [3.8, 4) is 0 Å². The molecule has 28 heavy (non-hydrogen) atoms. The van der Waals surface area contributed by atoms with Gasteiger partial charge in [-0.15, -0.1) is 0 Å². The van der Waals surface area contributed by atoms with Crippen molar-refractivity contribution in [1.29, 1.82) is 0 Å². The quantitative estimate of drug-likeness (QED) is 0.699. The Bertz CT molecular complexity index is 945. The highest BCUT2D eigenvalue weighted by Gasteiger charge is 2.18. The van der Waals surface area contributed by atoms with Gasteiger partial charge >= 0.3 is 0 Å². The number of sulfonamides is 1. The fraction of sp³-hybridized carbons (Fsp3) is 0.333. The van der Waals surface area contributed by atoms with E-state index in [1.807, 2.05) is 0 Å². The first-order chi connectivity index (χ1) is 13.3. The molecule has 0 unspecified atom stereocenters. The summed E-state index contributed by atoms with van der Waals surface area (Å²) < 4.78 is 27.3. The third kappa shape index (κ3) is 5.05. The minimum atomic E-state index is -3.68. The van der Waals surface area contributed by atoms with E-state index < -0.39 is 10.0 Å². The Morgan fingerprint density at radius 2 is 1.50 bits per heavy atom. The summed E-state index contributed by atoms with van der Waals surface area (Å²) in [4.78, 5) is 23.6. The van der Waals surface area contributed by atoms with E-state index >= 15 is 0 Å². The predicted molar refractivity (Wildman–Crippen MR) is 107 cm³/mol. The Kier molecular flexibility index (Phi) is 6.26. The molecule has 1 saturated carbocycles. The van der Waals surface area contributed by atoms with Crippen LogP contribution in [0.3, 0.4) is 0 Å². The second-order valence-corrected chi connectivity index (χ2v) is 8.82. The Labute approximate surface area is 165 Å². The van der Waals surface area contributed by atoms with Gasteiger partial charge in [0.1, 0.15) is 0 Å². The summed E-state index contributed by atoms with van der Waals surface area (Å²) in [6.07, 6.45) is 4.36. The van der Waals surface area contributed by atoms with Crippen LogP contribution in [0.15, 0.2) is 53.4 Å². The van der Waals surface area contributed by atoms with E-state index in [1.54, 1.807) is 24.3 Å². The van der Waals surface area contributed by atoms with E-state index in [0.717, 1.165) is 31.2 Å². The van der Waals surface area contributed by atoms with Crippen molar-refractivity contribution in [1.82, 2.24) is 10.0 Å². The molecule has 0 atom stereocenters. The van der Waals surface area contributed by atoms with Crippen LogP contribution >= 0.6 is 0 Å². The van der Waals surface area contributed by atoms with Crippen molar-refractivity contribution in [2.45, 2.75) is 50.1 Å². The van der Waals surface area contributed by atoms with Gasteiger partial charge in [-0.25, -0.2) is 13.1 Å². The molecule has 1 aliphatic carbocycles. The predicted octanol–water partition coefficient (Wildman–Crippen LogP) is 3.04. The minimum absolute atomic E-state index is 0.0930. The van der Waals surface area contributed by atoms with Gasteiger partial charge in [0.25, 0.3) is 5.91 Å². The number of nitrogens with one attached hydrogen (secondary N) is 2. The molecular formula is C21H24N2O4S. The molecule has 6 nitrogen and oxygen atoms in total. The molecule has 1 aliphatic rings. The van der Waals surface area contributed by atoms with Crippen LogP contribution in [0.1, 0.15) is 58.9 Å². The summed E-state index contributed by atoms with van der Waals surface area (Å²) in [5.74, 6) is -0.210. The van der Waals surface area contributed by atoms with E-state index in [1.165, 1.54) is 31.2 Å². The number of Topliss-reactive ketones (excluding diaryl/α,β-unsaturated/α-hetero) is 1. The lowest BCUT2D eigenvalue weighted by molar-refractivity contribution is 0.0937. The van der Waals surface area contributed by atoms with Crippen LogP contribution in [0.25, 0.3) is 0 Å². The maximum Gasteiger partial charge on any atom is 0.251 e. The highest BCUT2D eigenvalue weighted by atomic mass is 32.2. The van der Waals surface area contributed by atoms with Gasteiger partial charge in [-0.3, -0.25) is 9.59 Å². The van der Waals surface area contributed by atoms with Crippen LogP contribution < -0.4 is 10.0 Å². The first kappa shape index (κ1) is 20.2. The van der Waals surface area contributed by atoms with Gasteiger partial charge in [-0.1, -0.05) is 37.1 Å². The van der Waals surface area contributed by atoms with Crippen LogP contribution in [-0.4, -0.2) is 26.2 Å². The molecule has 2 aromatic carbocycles. The first-order valence-electron chi connectivity index (χ1n) is 9.35. The summed E-state index contributed by atoms with van der Waals surface area (Å²) >= 11 is 0. The lowest BCUT2D eigenvalue weighted by Gasteiger charge is -2.12. The van der Waals surface area contributed by atoms with E-state index in [2.05, 4.69) is 10.0 Å². The second-order valence-electron chi connectivity index (χ2n) is 7.06. The highest BCUT2D eigenvalue weighted by molar-refractivity contribution is 7.89. The lowest BCUT2D eigenvalue weighted by atomic mass is 10.1. The van der Waals surface area contributed by atoms with E-state index in [0.29, 0.717) is 11.1 Å². The zero-order valence-electron chi connectivity index (χ0n) is 15.8. The van der Waals surface area contributed by atoms with Crippen molar-refractivity contribution in [3.63, 3.8) is 0 Å². The SMILES string of the molecule is CC(=O)c1ccc(S(=O)(=O)NCc2ccc(C(=O)NC3CCCC3)cc2)cc1. The Morgan fingerprint density at radius 3 is 2.07 bits per heavy atom. The molecule has 7 heteroatoms. The van der Waals surface area contributed by atoms with Crippen molar-refractivity contribution >= 4 is 21.7 Å². The summed E-state index contributed by atoms with van der Waals surface area (Å²) in [7, 11) is -3.68. The summed E-state index contributed by atoms with van der Waals surface area (Å²) in [5, 5.41) is 3.03.